The number of piperidine rings is 1. The Balaban J connectivity index is 2.25. The molecule has 36 heavy (non-hydrogen) atoms. The molecular weight excluding hydrogens is 484 g/mol. The molecule has 0 saturated carbocycles. The molecule has 0 unspecified atom stereocenters. The van der Waals surface area contributed by atoms with Crippen molar-refractivity contribution in [2.24, 2.45) is 11.8 Å². The van der Waals surface area contributed by atoms with Crippen LogP contribution in [0.3, 0.4) is 0 Å². The molecule has 2 heterocycles. The summed E-state index contributed by atoms with van der Waals surface area (Å²) in [5.74, 6) is -2.14. The summed E-state index contributed by atoms with van der Waals surface area (Å²) in [5.41, 5.74) is -0.117. The van der Waals surface area contributed by atoms with E-state index >= 15 is 0 Å². The second-order valence-corrected chi connectivity index (χ2v) is 10.7. The number of carbonyl (C=O) groups excluding carboxylic acids is 3. The van der Waals surface area contributed by atoms with Crippen molar-refractivity contribution < 1.29 is 29.0 Å². The van der Waals surface area contributed by atoms with Gasteiger partial charge in [0.2, 0.25) is 11.8 Å². The molecule has 0 aromatic carbocycles. The standard InChI is InChI=1S/C25H40N4O6S/c1-7-15(4)21(28-22(31)17-10-8-9-11-26-17)24(32)29(6)19(14(2)3)12-20(35-16(5)30)23-27-18(13-36-23)25(33)34/h13-15,17,19-21,26H,7-12H2,1-6H3,(H,28,31)(H,33,34)/t15-,17+,19+,20+,21-/m0/s1. The highest BCUT2D eigenvalue weighted by molar-refractivity contribution is 7.09. The van der Waals surface area contributed by atoms with Crippen LogP contribution < -0.4 is 10.6 Å². The topological polar surface area (TPSA) is 138 Å². The predicted molar refractivity (Wildman–Crippen MR) is 137 cm³/mol. The zero-order chi connectivity index (χ0) is 27.0. The second-order valence-electron chi connectivity index (χ2n) is 9.84. The number of carboxylic acid groups (broad SMARTS) is 1. The number of aromatic carboxylic acids is 1. The van der Waals surface area contributed by atoms with E-state index < -0.39 is 24.1 Å². The van der Waals surface area contributed by atoms with E-state index in [0.717, 1.165) is 37.1 Å². The van der Waals surface area contributed by atoms with Crippen molar-refractivity contribution in [3.05, 3.63) is 16.1 Å². The summed E-state index contributed by atoms with van der Waals surface area (Å²) in [5, 5.41) is 17.2. The molecule has 0 radical (unpaired) electrons. The first-order chi connectivity index (χ1) is 17.0. The molecule has 202 valence electrons. The fraction of sp³-hybridized carbons (Fsp3) is 0.720. The van der Waals surface area contributed by atoms with Gasteiger partial charge in [-0.05, 0) is 31.2 Å². The second kappa shape index (κ2) is 13.7. The van der Waals surface area contributed by atoms with E-state index in [4.69, 9.17) is 4.74 Å². The number of aromatic nitrogens is 1. The Bertz CT molecular complexity index is 914. The van der Waals surface area contributed by atoms with Crippen LogP contribution in [0.25, 0.3) is 0 Å². The van der Waals surface area contributed by atoms with Crippen LogP contribution in [0.1, 0.15) is 88.3 Å². The van der Waals surface area contributed by atoms with Gasteiger partial charge in [0.05, 0.1) is 6.04 Å². The maximum atomic E-state index is 13.7. The minimum absolute atomic E-state index is 0.00999. The molecule has 3 N–H and O–H groups in total. The van der Waals surface area contributed by atoms with Crippen molar-refractivity contribution in [3.63, 3.8) is 0 Å². The number of amides is 2. The van der Waals surface area contributed by atoms with E-state index in [9.17, 15) is 24.3 Å². The molecular formula is C25H40N4O6S. The van der Waals surface area contributed by atoms with Gasteiger partial charge in [0, 0.05) is 31.8 Å². The van der Waals surface area contributed by atoms with E-state index in [1.165, 1.54) is 12.3 Å². The molecule has 2 rings (SSSR count). The molecule has 2 amide bonds. The average molecular weight is 525 g/mol. The number of esters is 1. The molecule has 1 saturated heterocycles. The summed E-state index contributed by atoms with van der Waals surface area (Å²) >= 11 is 1.10. The first-order valence-electron chi connectivity index (χ1n) is 12.6. The predicted octanol–water partition coefficient (Wildman–Crippen LogP) is 2.99. The summed E-state index contributed by atoms with van der Waals surface area (Å²) in [7, 11) is 1.70. The van der Waals surface area contributed by atoms with Gasteiger partial charge in [0.25, 0.3) is 0 Å². The normalized spacial score (nSPS) is 19.1. The number of carboxylic acids is 1. The fourth-order valence-corrected chi connectivity index (χ4v) is 5.26. The van der Waals surface area contributed by atoms with Crippen molar-refractivity contribution in [2.45, 2.75) is 91.0 Å². The molecule has 0 aliphatic carbocycles. The van der Waals surface area contributed by atoms with Crippen LogP contribution in [0.5, 0.6) is 0 Å². The Morgan fingerprint density at radius 1 is 1.28 bits per heavy atom. The summed E-state index contributed by atoms with van der Waals surface area (Å²) in [6, 6.07) is -1.34. The highest BCUT2D eigenvalue weighted by atomic mass is 32.1. The van der Waals surface area contributed by atoms with Gasteiger partial charge in [-0.1, -0.05) is 40.5 Å². The fourth-order valence-electron chi connectivity index (χ4n) is 4.43. The first kappa shape index (κ1) is 29.7. The van der Waals surface area contributed by atoms with Gasteiger partial charge < -0.3 is 25.4 Å². The molecule has 1 aliphatic rings. The van der Waals surface area contributed by atoms with Crippen LogP contribution in [-0.2, 0) is 19.1 Å². The van der Waals surface area contributed by atoms with Crippen LogP contribution >= 0.6 is 11.3 Å². The highest BCUT2D eigenvalue weighted by Gasteiger charge is 2.36. The molecule has 10 nitrogen and oxygen atoms in total. The molecule has 5 atom stereocenters. The molecule has 0 spiro atoms. The number of ether oxygens (including phenoxy) is 1. The maximum Gasteiger partial charge on any atom is 0.355 e. The highest BCUT2D eigenvalue weighted by Crippen LogP contribution is 2.31. The molecule has 1 aromatic rings. The van der Waals surface area contributed by atoms with Gasteiger partial charge >= 0.3 is 11.9 Å². The number of carbonyl (C=O) groups is 4. The number of hydrogen-bond acceptors (Lipinski definition) is 8. The summed E-state index contributed by atoms with van der Waals surface area (Å²) < 4.78 is 5.51. The quantitative estimate of drug-likeness (QED) is 0.355. The van der Waals surface area contributed by atoms with Crippen molar-refractivity contribution in [3.8, 4) is 0 Å². The van der Waals surface area contributed by atoms with Gasteiger partial charge in [-0.2, -0.15) is 0 Å². The number of rotatable bonds is 12. The number of nitrogens with one attached hydrogen (secondary N) is 2. The Kier molecular flexibility index (Phi) is 11.3. The van der Waals surface area contributed by atoms with Crippen LogP contribution in [0.15, 0.2) is 5.38 Å². The third-order valence-corrected chi connectivity index (χ3v) is 7.74. The monoisotopic (exact) mass is 524 g/mol. The Morgan fingerprint density at radius 2 is 1.97 bits per heavy atom. The lowest BCUT2D eigenvalue weighted by molar-refractivity contribution is -0.149. The van der Waals surface area contributed by atoms with Gasteiger partial charge in [-0.25, -0.2) is 9.78 Å². The lowest BCUT2D eigenvalue weighted by Crippen LogP contribution is -2.57. The average Bonchev–Trinajstić information content (AvgIpc) is 3.34. The maximum absolute atomic E-state index is 13.7. The Hall–Kier alpha value is -2.53. The van der Waals surface area contributed by atoms with Crippen LogP contribution in [-0.4, -0.2) is 70.5 Å². The van der Waals surface area contributed by atoms with Crippen molar-refractivity contribution in [1.82, 2.24) is 20.5 Å². The van der Waals surface area contributed by atoms with Crippen molar-refractivity contribution in [2.75, 3.05) is 13.6 Å². The smallest absolute Gasteiger partial charge is 0.355 e. The van der Waals surface area contributed by atoms with Gasteiger partial charge in [0.1, 0.15) is 11.0 Å². The van der Waals surface area contributed by atoms with E-state index in [1.54, 1.807) is 11.9 Å². The Morgan fingerprint density at radius 3 is 2.47 bits per heavy atom. The van der Waals surface area contributed by atoms with Crippen LogP contribution in [0.4, 0.5) is 0 Å². The molecule has 1 aromatic heterocycles. The third-order valence-electron chi connectivity index (χ3n) is 6.80. The largest absolute Gasteiger partial charge is 0.476 e. The van der Waals surface area contributed by atoms with E-state index in [2.05, 4.69) is 15.6 Å². The number of nitrogens with zero attached hydrogens (tertiary/aromatic N) is 2. The van der Waals surface area contributed by atoms with E-state index in [0.29, 0.717) is 11.4 Å². The molecule has 11 heteroatoms. The van der Waals surface area contributed by atoms with Crippen molar-refractivity contribution >= 4 is 35.1 Å². The van der Waals surface area contributed by atoms with Crippen LogP contribution in [0.2, 0.25) is 0 Å². The van der Waals surface area contributed by atoms with Crippen LogP contribution in [0, 0.1) is 11.8 Å². The summed E-state index contributed by atoms with van der Waals surface area (Å²) in [6.45, 7) is 9.92. The van der Waals surface area contributed by atoms with Gasteiger partial charge in [0.15, 0.2) is 11.8 Å². The molecule has 1 fully saturated rings. The molecule has 1 aliphatic heterocycles. The minimum atomic E-state index is -1.16. The molecule has 0 bridgehead atoms. The van der Waals surface area contributed by atoms with Gasteiger partial charge in [-0.15, -0.1) is 11.3 Å². The number of hydrogen-bond donors (Lipinski definition) is 3. The number of thiazole rings is 1. The third kappa shape index (κ3) is 7.99. The summed E-state index contributed by atoms with van der Waals surface area (Å²) in [6.07, 6.45) is 2.91. The zero-order valence-electron chi connectivity index (χ0n) is 22.1. The first-order valence-corrected chi connectivity index (χ1v) is 13.5. The lowest BCUT2D eigenvalue weighted by atomic mass is 9.92. The van der Waals surface area contributed by atoms with Gasteiger partial charge in [-0.3, -0.25) is 14.4 Å². The number of likely N-dealkylation sites (N-methyl/N-ethyl adjacent to an activating group) is 1. The Labute approximate surface area is 217 Å². The minimum Gasteiger partial charge on any atom is -0.476 e. The SMILES string of the molecule is CC[C@H](C)[C@H](NC(=O)[C@H]1CCCCN1)C(=O)N(C)[C@H](C[C@@H](OC(C)=O)c1nc(C(=O)O)cs1)C(C)C. The van der Waals surface area contributed by atoms with E-state index in [1.807, 2.05) is 27.7 Å². The van der Waals surface area contributed by atoms with Crippen molar-refractivity contribution in [1.29, 1.82) is 0 Å². The lowest BCUT2D eigenvalue weighted by Gasteiger charge is -2.37. The summed E-state index contributed by atoms with van der Waals surface area (Å²) in [4.78, 5) is 55.6. The zero-order valence-corrected chi connectivity index (χ0v) is 22.9. The van der Waals surface area contributed by atoms with E-state index in [-0.39, 0.29) is 47.8 Å².